The summed E-state index contributed by atoms with van der Waals surface area (Å²) in [7, 11) is 0. The van der Waals surface area contributed by atoms with Gasteiger partial charge in [0.2, 0.25) is 11.8 Å². The third-order valence-electron chi connectivity index (χ3n) is 7.04. The summed E-state index contributed by atoms with van der Waals surface area (Å²) in [6.07, 6.45) is -0.707. The molecule has 3 heterocycles. The van der Waals surface area contributed by atoms with Crippen LogP contribution in [0, 0.1) is 5.82 Å². The Hall–Kier alpha value is -3.77. The molecule has 1 aromatic heterocycles. The third kappa shape index (κ3) is 6.45. The first-order chi connectivity index (χ1) is 18.6. The van der Waals surface area contributed by atoms with E-state index in [-0.39, 0.29) is 62.6 Å². The summed E-state index contributed by atoms with van der Waals surface area (Å²) in [4.78, 5) is 46.0. The Morgan fingerprint density at radius 3 is 2.51 bits per heavy atom. The van der Waals surface area contributed by atoms with Gasteiger partial charge in [-0.15, -0.1) is 0 Å². The number of carbonyl (C=O) groups is 3. The van der Waals surface area contributed by atoms with Gasteiger partial charge in [0.15, 0.2) is 0 Å². The van der Waals surface area contributed by atoms with Crippen LogP contribution in [0.15, 0.2) is 30.3 Å². The van der Waals surface area contributed by atoms with E-state index in [1.165, 1.54) is 24.0 Å². The summed E-state index contributed by atoms with van der Waals surface area (Å²) in [5, 5.41) is 19.4. The lowest BCUT2D eigenvalue weighted by Crippen LogP contribution is -2.62. The van der Waals surface area contributed by atoms with Crippen molar-refractivity contribution < 1.29 is 38.5 Å². The van der Waals surface area contributed by atoms with Crippen LogP contribution in [0.2, 0.25) is 0 Å². The Morgan fingerprint density at radius 2 is 1.87 bits per heavy atom. The molecule has 1 unspecified atom stereocenters. The number of benzene rings is 1. The van der Waals surface area contributed by atoms with Crippen molar-refractivity contribution in [2.24, 2.45) is 0 Å². The number of aliphatic hydroxyl groups is 1. The van der Waals surface area contributed by atoms with Crippen molar-refractivity contribution in [3.63, 3.8) is 0 Å². The molecule has 210 valence electrons. The number of piperazine rings is 1. The van der Waals surface area contributed by atoms with Gasteiger partial charge in [-0.05, 0) is 49.6 Å². The normalized spacial score (nSPS) is 21.2. The molecule has 0 bridgehead atoms. The van der Waals surface area contributed by atoms with Crippen molar-refractivity contribution in [1.82, 2.24) is 14.8 Å². The van der Waals surface area contributed by atoms with E-state index in [9.17, 15) is 29.0 Å². The van der Waals surface area contributed by atoms with Gasteiger partial charge in [-0.1, -0.05) is 12.1 Å². The van der Waals surface area contributed by atoms with E-state index in [1.807, 2.05) is 6.92 Å². The smallest absolute Gasteiger partial charge is 0.407 e. The molecule has 2 aliphatic rings. The van der Waals surface area contributed by atoms with E-state index in [0.717, 1.165) is 5.56 Å². The van der Waals surface area contributed by atoms with Crippen molar-refractivity contribution in [3.8, 4) is 5.88 Å². The molecule has 2 aromatic rings. The number of halogens is 1. The second-order valence-corrected chi connectivity index (χ2v) is 9.98. The number of rotatable bonds is 7. The molecule has 2 amide bonds. The zero-order valence-electron chi connectivity index (χ0n) is 22.2. The number of hydrogen-bond donors (Lipinski definition) is 2. The molecule has 2 aliphatic heterocycles. The van der Waals surface area contributed by atoms with E-state index < -0.39 is 18.1 Å². The Kier molecular flexibility index (Phi) is 8.66. The first-order valence-corrected chi connectivity index (χ1v) is 12.8. The standard InChI is InChI=1S/C27H33FN4O7/c1-16-10-30(22(13-33)11-31(16)27(36)37)12-25(35)32-17(2)14-39-26-24(32)9-20(23(29-26)15-38-18(3)34)8-19-4-6-21(28)7-5-19/h4-7,9,16-17,22,33H,8,10-15H2,1-3H3,(H,36,37)/t16-,17?,22-/m1/s1. The lowest BCUT2D eigenvalue weighted by atomic mass is 10.0. The van der Waals surface area contributed by atoms with Gasteiger partial charge in [0.25, 0.3) is 0 Å². The molecule has 3 atom stereocenters. The Balaban J connectivity index is 1.63. The number of carboxylic acid groups (broad SMARTS) is 1. The topological polar surface area (TPSA) is 133 Å². The van der Waals surface area contributed by atoms with Gasteiger partial charge in [-0.2, -0.15) is 0 Å². The lowest BCUT2D eigenvalue weighted by molar-refractivity contribution is -0.142. The predicted molar refractivity (Wildman–Crippen MR) is 138 cm³/mol. The van der Waals surface area contributed by atoms with Crippen LogP contribution < -0.4 is 9.64 Å². The highest BCUT2D eigenvalue weighted by atomic mass is 19.1. The van der Waals surface area contributed by atoms with Crippen molar-refractivity contribution in [1.29, 1.82) is 0 Å². The molecule has 12 heteroatoms. The van der Waals surface area contributed by atoms with Crippen LogP contribution in [0.5, 0.6) is 5.88 Å². The van der Waals surface area contributed by atoms with E-state index in [2.05, 4.69) is 4.98 Å². The summed E-state index contributed by atoms with van der Waals surface area (Å²) < 4.78 is 24.5. The first-order valence-electron chi connectivity index (χ1n) is 12.8. The largest absolute Gasteiger partial charge is 0.474 e. The molecule has 0 aliphatic carbocycles. The minimum atomic E-state index is -1.06. The van der Waals surface area contributed by atoms with E-state index in [1.54, 1.807) is 34.9 Å². The van der Waals surface area contributed by atoms with Crippen LogP contribution in [0.25, 0.3) is 0 Å². The molecular weight excluding hydrogens is 511 g/mol. The van der Waals surface area contributed by atoms with Crippen LogP contribution in [0.1, 0.15) is 37.6 Å². The average molecular weight is 545 g/mol. The van der Waals surface area contributed by atoms with E-state index in [4.69, 9.17) is 9.47 Å². The van der Waals surface area contributed by atoms with E-state index in [0.29, 0.717) is 29.9 Å². The number of hydrogen-bond acceptors (Lipinski definition) is 8. The molecule has 0 radical (unpaired) electrons. The molecule has 1 aromatic carbocycles. The Morgan fingerprint density at radius 1 is 1.15 bits per heavy atom. The average Bonchev–Trinajstić information content (AvgIpc) is 2.88. The fraction of sp³-hybridized carbons (Fsp3) is 0.481. The number of anilines is 1. The van der Waals surface area contributed by atoms with E-state index >= 15 is 0 Å². The van der Waals surface area contributed by atoms with Gasteiger partial charge < -0.3 is 29.5 Å². The molecule has 1 fully saturated rings. The number of fused-ring (bicyclic) bond motifs is 1. The van der Waals surface area contributed by atoms with Gasteiger partial charge >= 0.3 is 12.1 Å². The van der Waals surface area contributed by atoms with Crippen molar-refractivity contribution in [2.45, 2.75) is 51.9 Å². The van der Waals surface area contributed by atoms with Crippen LogP contribution >= 0.6 is 0 Å². The maximum Gasteiger partial charge on any atom is 0.407 e. The minimum Gasteiger partial charge on any atom is -0.474 e. The fourth-order valence-corrected chi connectivity index (χ4v) is 5.00. The minimum absolute atomic E-state index is 0.0324. The molecule has 39 heavy (non-hydrogen) atoms. The number of esters is 1. The fourth-order valence-electron chi connectivity index (χ4n) is 5.00. The second-order valence-electron chi connectivity index (χ2n) is 9.98. The zero-order chi connectivity index (χ0) is 28.3. The van der Waals surface area contributed by atoms with Crippen molar-refractivity contribution in [3.05, 3.63) is 53.0 Å². The second kappa shape index (κ2) is 12.0. The highest BCUT2D eigenvalue weighted by Crippen LogP contribution is 2.35. The third-order valence-corrected chi connectivity index (χ3v) is 7.04. The summed E-state index contributed by atoms with van der Waals surface area (Å²) in [6, 6.07) is 6.62. The van der Waals surface area contributed by atoms with Crippen molar-refractivity contribution >= 4 is 23.7 Å². The Bertz CT molecular complexity index is 1230. The van der Waals surface area contributed by atoms with Gasteiger partial charge in [-0.3, -0.25) is 14.5 Å². The summed E-state index contributed by atoms with van der Waals surface area (Å²) in [5.74, 6) is -0.844. The van der Waals surface area contributed by atoms with Crippen LogP contribution in [-0.2, 0) is 27.4 Å². The number of ether oxygens (including phenoxy) is 2. The summed E-state index contributed by atoms with van der Waals surface area (Å²) >= 11 is 0. The Labute approximate surface area is 225 Å². The highest BCUT2D eigenvalue weighted by Gasteiger charge is 2.38. The molecular formula is C27H33FN4O7. The molecule has 2 N–H and O–H groups in total. The van der Waals surface area contributed by atoms with Gasteiger partial charge in [0.1, 0.15) is 24.7 Å². The molecule has 0 saturated carbocycles. The number of aromatic nitrogens is 1. The summed E-state index contributed by atoms with van der Waals surface area (Å²) in [6.45, 7) is 5.09. The quantitative estimate of drug-likeness (QED) is 0.503. The number of pyridine rings is 1. The highest BCUT2D eigenvalue weighted by molar-refractivity contribution is 5.97. The lowest BCUT2D eigenvalue weighted by Gasteiger charge is -2.44. The van der Waals surface area contributed by atoms with Crippen molar-refractivity contribution in [2.75, 3.05) is 37.7 Å². The number of amides is 2. The maximum absolute atomic E-state index is 13.7. The maximum atomic E-state index is 13.7. The zero-order valence-corrected chi connectivity index (χ0v) is 22.2. The first kappa shape index (κ1) is 28.2. The van der Waals surface area contributed by atoms with Crippen LogP contribution in [-0.4, -0.2) is 93.9 Å². The SMILES string of the molecule is CC(=O)OCc1nc2c(cc1Cc1ccc(F)cc1)N(C(=O)CN1C[C@@H](C)N(C(=O)O)C[C@@H]1CO)C(C)CO2. The molecule has 1 saturated heterocycles. The van der Waals surface area contributed by atoms with Gasteiger partial charge in [-0.25, -0.2) is 14.2 Å². The van der Waals surface area contributed by atoms with Gasteiger partial charge in [0.05, 0.1) is 30.9 Å². The molecule has 4 rings (SSSR count). The number of carbonyl (C=O) groups excluding carboxylic acids is 2. The predicted octanol–water partition coefficient (Wildman–Crippen LogP) is 2.03. The monoisotopic (exact) mass is 544 g/mol. The number of aliphatic hydroxyl groups excluding tert-OH is 1. The molecule has 0 spiro atoms. The molecule has 11 nitrogen and oxygen atoms in total. The van der Waals surface area contributed by atoms with Crippen LogP contribution in [0.3, 0.4) is 0 Å². The van der Waals surface area contributed by atoms with Gasteiger partial charge in [0, 0.05) is 26.1 Å². The van der Waals surface area contributed by atoms with Crippen LogP contribution in [0.4, 0.5) is 14.9 Å². The summed E-state index contributed by atoms with van der Waals surface area (Å²) in [5.41, 5.74) is 2.42. The number of nitrogens with zero attached hydrogens (tertiary/aromatic N) is 4.